The summed E-state index contributed by atoms with van der Waals surface area (Å²) in [5.74, 6) is 0.142. The van der Waals surface area contributed by atoms with Gasteiger partial charge in [-0.2, -0.15) is 0 Å². The fourth-order valence-corrected chi connectivity index (χ4v) is 3.93. The summed E-state index contributed by atoms with van der Waals surface area (Å²) in [6.45, 7) is 2.05. The quantitative estimate of drug-likeness (QED) is 0.619. The highest BCUT2D eigenvalue weighted by Gasteiger charge is 2.22. The number of halogens is 2. The van der Waals surface area contributed by atoms with E-state index in [1.54, 1.807) is 0 Å². The molecule has 1 atom stereocenters. The number of ketones is 1. The Morgan fingerprint density at radius 1 is 1.28 bits per heavy atom. The SMILES string of the molecule is CCC(C(=O)c1cc(Br)c(Br)s1)c1ccccc1. The van der Waals surface area contributed by atoms with Crippen LogP contribution in [0.1, 0.15) is 34.5 Å². The molecule has 1 nitrogen and oxygen atoms in total. The van der Waals surface area contributed by atoms with Crippen LogP contribution in [0.3, 0.4) is 0 Å². The molecule has 2 aromatic rings. The van der Waals surface area contributed by atoms with E-state index in [2.05, 4.69) is 31.9 Å². The number of carbonyl (C=O) groups is 1. The maximum Gasteiger partial charge on any atom is 0.180 e. The van der Waals surface area contributed by atoms with Crippen molar-refractivity contribution in [1.82, 2.24) is 0 Å². The normalized spacial score (nSPS) is 12.4. The first-order chi connectivity index (χ1) is 8.63. The molecule has 1 aromatic heterocycles. The van der Waals surface area contributed by atoms with Crippen molar-refractivity contribution in [3.63, 3.8) is 0 Å². The summed E-state index contributed by atoms with van der Waals surface area (Å²) in [6.07, 6.45) is 0.815. The Kier molecular flexibility index (Phi) is 4.76. The Balaban J connectivity index is 2.31. The predicted molar refractivity (Wildman–Crippen MR) is 83.5 cm³/mol. The molecule has 0 N–H and O–H groups in total. The van der Waals surface area contributed by atoms with Crippen LogP contribution < -0.4 is 0 Å². The largest absolute Gasteiger partial charge is 0.293 e. The summed E-state index contributed by atoms with van der Waals surface area (Å²) in [7, 11) is 0. The van der Waals surface area contributed by atoms with E-state index in [-0.39, 0.29) is 11.7 Å². The van der Waals surface area contributed by atoms with Gasteiger partial charge < -0.3 is 0 Å². The third-order valence-corrected chi connectivity index (χ3v) is 6.09. The molecule has 1 unspecified atom stereocenters. The molecule has 0 saturated heterocycles. The van der Waals surface area contributed by atoms with Crippen molar-refractivity contribution < 1.29 is 4.79 Å². The third kappa shape index (κ3) is 2.92. The molecule has 0 fully saturated rings. The van der Waals surface area contributed by atoms with Gasteiger partial charge in [0.15, 0.2) is 5.78 Å². The van der Waals surface area contributed by atoms with E-state index in [1.807, 2.05) is 43.3 Å². The molecular formula is C14H12Br2OS. The predicted octanol–water partition coefficient (Wildman–Crippen LogP) is 5.65. The Labute approximate surface area is 127 Å². The minimum atomic E-state index is -0.0522. The molecule has 0 bridgehead atoms. The van der Waals surface area contributed by atoms with Gasteiger partial charge in [0.2, 0.25) is 0 Å². The Morgan fingerprint density at radius 3 is 2.44 bits per heavy atom. The molecule has 0 spiro atoms. The van der Waals surface area contributed by atoms with E-state index in [9.17, 15) is 4.79 Å². The van der Waals surface area contributed by atoms with Crippen molar-refractivity contribution in [2.24, 2.45) is 0 Å². The van der Waals surface area contributed by atoms with Crippen molar-refractivity contribution >= 4 is 49.0 Å². The number of rotatable bonds is 4. The minimum Gasteiger partial charge on any atom is -0.293 e. The fourth-order valence-electron chi connectivity index (χ4n) is 1.90. The number of hydrogen-bond donors (Lipinski definition) is 0. The van der Waals surface area contributed by atoms with Crippen LogP contribution in [0.2, 0.25) is 0 Å². The van der Waals surface area contributed by atoms with Gasteiger partial charge in [0.25, 0.3) is 0 Å². The molecule has 0 aliphatic heterocycles. The van der Waals surface area contributed by atoms with Gasteiger partial charge in [-0.1, -0.05) is 37.3 Å². The number of Topliss-reactive ketones (excluding diaryl/α,β-unsaturated/α-hetero) is 1. The Hall–Kier alpha value is -0.450. The van der Waals surface area contributed by atoms with Gasteiger partial charge >= 0.3 is 0 Å². The maximum atomic E-state index is 12.5. The Bertz CT molecular complexity index is 529. The highest BCUT2D eigenvalue weighted by Crippen LogP contribution is 2.35. The van der Waals surface area contributed by atoms with E-state index >= 15 is 0 Å². The molecule has 0 radical (unpaired) electrons. The van der Waals surface area contributed by atoms with Gasteiger partial charge in [-0.3, -0.25) is 4.79 Å². The van der Waals surface area contributed by atoms with Gasteiger partial charge in [-0.05, 0) is 49.9 Å². The van der Waals surface area contributed by atoms with Crippen LogP contribution >= 0.6 is 43.2 Å². The lowest BCUT2D eigenvalue weighted by molar-refractivity contribution is 0.0961. The average Bonchev–Trinajstić information content (AvgIpc) is 2.72. The lowest BCUT2D eigenvalue weighted by Gasteiger charge is -2.12. The standard InChI is InChI=1S/C14H12Br2OS/c1-2-10(9-6-4-3-5-7-9)13(17)12-8-11(15)14(16)18-12/h3-8,10H,2H2,1H3. The summed E-state index contributed by atoms with van der Waals surface area (Å²) >= 11 is 8.34. The molecule has 0 aliphatic rings. The second-order valence-corrected chi connectivity index (χ2v) is 7.19. The first-order valence-corrected chi connectivity index (χ1v) is 8.07. The van der Waals surface area contributed by atoms with Crippen molar-refractivity contribution in [2.75, 3.05) is 0 Å². The van der Waals surface area contributed by atoms with Gasteiger partial charge in [-0.25, -0.2) is 0 Å². The van der Waals surface area contributed by atoms with E-state index < -0.39 is 0 Å². The van der Waals surface area contributed by atoms with Crippen LogP contribution in [-0.2, 0) is 0 Å². The van der Waals surface area contributed by atoms with E-state index in [4.69, 9.17) is 0 Å². The lowest BCUT2D eigenvalue weighted by Crippen LogP contribution is -2.10. The summed E-state index contributed by atoms with van der Waals surface area (Å²) in [6, 6.07) is 11.9. The van der Waals surface area contributed by atoms with Gasteiger partial charge in [-0.15, -0.1) is 11.3 Å². The second-order valence-electron chi connectivity index (χ2n) is 3.97. The fraction of sp³-hybridized carbons (Fsp3) is 0.214. The molecule has 0 saturated carbocycles. The molecule has 1 aromatic carbocycles. The Morgan fingerprint density at radius 2 is 1.94 bits per heavy atom. The van der Waals surface area contributed by atoms with Crippen molar-refractivity contribution in [3.8, 4) is 0 Å². The number of thiophene rings is 1. The highest BCUT2D eigenvalue weighted by atomic mass is 79.9. The topological polar surface area (TPSA) is 17.1 Å². The van der Waals surface area contributed by atoms with Crippen LogP contribution in [0, 0.1) is 0 Å². The third-order valence-electron chi connectivity index (χ3n) is 2.81. The molecule has 2 rings (SSSR count). The summed E-state index contributed by atoms with van der Waals surface area (Å²) in [5.41, 5.74) is 1.09. The van der Waals surface area contributed by atoms with E-state index in [1.165, 1.54) is 11.3 Å². The van der Waals surface area contributed by atoms with Crippen LogP contribution in [0.4, 0.5) is 0 Å². The zero-order valence-electron chi connectivity index (χ0n) is 9.82. The van der Waals surface area contributed by atoms with Gasteiger partial charge in [0.05, 0.1) is 8.66 Å². The second kappa shape index (κ2) is 6.13. The zero-order valence-corrected chi connectivity index (χ0v) is 13.8. The number of benzene rings is 1. The van der Waals surface area contributed by atoms with Crippen LogP contribution in [0.5, 0.6) is 0 Å². The van der Waals surface area contributed by atoms with Crippen molar-refractivity contribution in [3.05, 3.63) is 55.1 Å². The van der Waals surface area contributed by atoms with Crippen LogP contribution in [0.25, 0.3) is 0 Å². The molecule has 94 valence electrons. The molecule has 4 heteroatoms. The molecular weight excluding hydrogens is 376 g/mol. The zero-order chi connectivity index (χ0) is 13.1. The van der Waals surface area contributed by atoms with E-state index in [0.717, 1.165) is 25.1 Å². The van der Waals surface area contributed by atoms with Crippen molar-refractivity contribution in [2.45, 2.75) is 19.3 Å². The monoisotopic (exact) mass is 386 g/mol. The molecule has 18 heavy (non-hydrogen) atoms. The molecule has 0 aliphatic carbocycles. The smallest absolute Gasteiger partial charge is 0.180 e. The van der Waals surface area contributed by atoms with E-state index in [0.29, 0.717) is 0 Å². The molecule has 1 heterocycles. The van der Waals surface area contributed by atoms with Gasteiger partial charge in [0.1, 0.15) is 0 Å². The highest BCUT2D eigenvalue weighted by molar-refractivity contribution is 9.13. The number of carbonyl (C=O) groups excluding carboxylic acids is 1. The van der Waals surface area contributed by atoms with Crippen molar-refractivity contribution in [1.29, 1.82) is 0 Å². The summed E-state index contributed by atoms with van der Waals surface area (Å²) in [5, 5.41) is 0. The molecule has 0 amide bonds. The average molecular weight is 388 g/mol. The first-order valence-electron chi connectivity index (χ1n) is 5.67. The first kappa shape index (κ1) is 14.0. The number of hydrogen-bond acceptors (Lipinski definition) is 2. The minimum absolute atomic E-state index is 0.0522. The van der Waals surface area contributed by atoms with Crippen LogP contribution in [0.15, 0.2) is 44.7 Å². The van der Waals surface area contributed by atoms with Crippen LogP contribution in [-0.4, -0.2) is 5.78 Å². The lowest BCUT2D eigenvalue weighted by atomic mass is 9.91. The summed E-state index contributed by atoms with van der Waals surface area (Å²) < 4.78 is 1.91. The summed E-state index contributed by atoms with van der Waals surface area (Å²) in [4.78, 5) is 13.3. The van der Waals surface area contributed by atoms with Gasteiger partial charge in [0, 0.05) is 10.4 Å². The maximum absolute atomic E-state index is 12.5.